The summed E-state index contributed by atoms with van der Waals surface area (Å²) in [7, 11) is 2.08. The van der Waals surface area contributed by atoms with Crippen molar-refractivity contribution in [3.63, 3.8) is 0 Å². The number of nitro benzene ring substituents is 1. The Hall–Kier alpha value is -3.63. The van der Waals surface area contributed by atoms with Gasteiger partial charge in [0.15, 0.2) is 0 Å². The molecule has 0 fully saturated rings. The van der Waals surface area contributed by atoms with Crippen LogP contribution in [0.3, 0.4) is 0 Å². The molecule has 0 bridgehead atoms. The van der Waals surface area contributed by atoms with E-state index in [-0.39, 0.29) is 5.69 Å². The van der Waals surface area contributed by atoms with Gasteiger partial charge in [0.05, 0.1) is 25.2 Å². The molecule has 11 nitrogen and oxygen atoms in total. The van der Waals surface area contributed by atoms with Crippen LogP contribution in [-0.2, 0) is 19.1 Å². The number of carboxylic acid groups (broad SMARTS) is 1. The Kier molecular flexibility index (Phi) is 5.82. The van der Waals surface area contributed by atoms with Crippen LogP contribution in [0.4, 0.5) is 11.4 Å². The number of aromatic hydroxyl groups is 1. The SMILES string of the molecule is COC(=O)/C=C(/Nc1cc(C(=O)O)c(O)c([N+](=O)[O-])c1)C(=O)OC. The van der Waals surface area contributed by atoms with E-state index in [9.17, 15) is 29.6 Å². The summed E-state index contributed by atoms with van der Waals surface area (Å²) in [6.45, 7) is 0. The first-order valence-corrected chi connectivity index (χ1v) is 6.11. The topological polar surface area (TPSA) is 165 Å². The summed E-state index contributed by atoms with van der Waals surface area (Å²) in [5, 5.41) is 31.8. The van der Waals surface area contributed by atoms with E-state index < -0.39 is 45.5 Å². The van der Waals surface area contributed by atoms with Crippen LogP contribution in [0.1, 0.15) is 10.4 Å². The molecule has 0 unspecified atom stereocenters. The van der Waals surface area contributed by atoms with Crippen molar-refractivity contribution in [3.05, 3.63) is 39.6 Å². The van der Waals surface area contributed by atoms with Gasteiger partial charge in [-0.1, -0.05) is 0 Å². The maximum absolute atomic E-state index is 11.6. The van der Waals surface area contributed by atoms with Gasteiger partial charge in [0.25, 0.3) is 0 Å². The number of ether oxygens (including phenoxy) is 2. The monoisotopic (exact) mass is 340 g/mol. The minimum atomic E-state index is -1.63. The lowest BCUT2D eigenvalue weighted by Crippen LogP contribution is -2.16. The van der Waals surface area contributed by atoms with Crippen molar-refractivity contribution in [2.45, 2.75) is 0 Å². The van der Waals surface area contributed by atoms with Crippen LogP contribution >= 0.6 is 0 Å². The molecule has 0 aliphatic rings. The third-order valence-corrected chi connectivity index (χ3v) is 2.66. The molecule has 0 aliphatic heterocycles. The summed E-state index contributed by atoms with van der Waals surface area (Å²) in [5.74, 6) is -4.60. The number of carbonyl (C=O) groups excluding carboxylic acids is 2. The van der Waals surface area contributed by atoms with Gasteiger partial charge < -0.3 is 25.0 Å². The van der Waals surface area contributed by atoms with E-state index in [4.69, 9.17) is 5.11 Å². The number of carbonyl (C=O) groups is 3. The second-order valence-electron chi connectivity index (χ2n) is 4.15. The maximum Gasteiger partial charge on any atom is 0.354 e. The maximum atomic E-state index is 11.6. The first-order chi connectivity index (χ1) is 11.2. The van der Waals surface area contributed by atoms with Crippen LogP contribution in [0.2, 0.25) is 0 Å². The van der Waals surface area contributed by atoms with Crippen LogP contribution in [0.15, 0.2) is 23.9 Å². The molecular weight excluding hydrogens is 328 g/mol. The summed E-state index contributed by atoms with van der Waals surface area (Å²) in [4.78, 5) is 43.8. The average Bonchev–Trinajstić information content (AvgIpc) is 2.53. The van der Waals surface area contributed by atoms with Crippen LogP contribution in [0.25, 0.3) is 0 Å². The zero-order chi connectivity index (χ0) is 18.4. The van der Waals surface area contributed by atoms with E-state index >= 15 is 0 Å². The number of nitrogens with one attached hydrogen (secondary N) is 1. The number of nitro groups is 1. The molecule has 0 saturated carbocycles. The number of carboxylic acids is 1. The van der Waals surface area contributed by atoms with Crippen molar-refractivity contribution in [2.24, 2.45) is 0 Å². The fourth-order valence-electron chi connectivity index (χ4n) is 1.58. The Balaban J connectivity index is 3.41. The predicted molar refractivity (Wildman–Crippen MR) is 77.5 cm³/mol. The van der Waals surface area contributed by atoms with Crippen molar-refractivity contribution < 1.29 is 39.0 Å². The second-order valence-corrected chi connectivity index (χ2v) is 4.15. The lowest BCUT2D eigenvalue weighted by atomic mass is 10.1. The normalized spacial score (nSPS) is 10.7. The highest BCUT2D eigenvalue weighted by atomic mass is 16.6. The van der Waals surface area contributed by atoms with Crippen molar-refractivity contribution in [3.8, 4) is 5.75 Å². The minimum absolute atomic E-state index is 0.238. The van der Waals surface area contributed by atoms with Gasteiger partial charge in [-0.25, -0.2) is 14.4 Å². The molecule has 0 radical (unpaired) electrons. The third-order valence-electron chi connectivity index (χ3n) is 2.66. The molecular formula is C13H12N2O9. The average molecular weight is 340 g/mol. The number of nitrogens with zero attached hydrogens (tertiary/aromatic N) is 1. The van der Waals surface area contributed by atoms with Gasteiger partial charge in [-0.15, -0.1) is 0 Å². The number of phenols is 1. The van der Waals surface area contributed by atoms with Crippen LogP contribution < -0.4 is 5.32 Å². The molecule has 1 aromatic rings. The molecule has 0 atom stereocenters. The molecule has 11 heteroatoms. The molecule has 0 heterocycles. The molecule has 24 heavy (non-hydrogen) atoms. The van der Waals surface area contributed by atoms with Gasteiger partial charge in [-0.2, -0.15) is 0 Å². The fraction of sp³-hybridized carbons (Fsp3) is 0.154. The molecule has 0 saturated heterocycles. The summed E-state index contributed by atoms with van der Waals surface area (Å²) in [5.41, 5.74) is -2.37. The number of esters is 2. The Labute approximate surface area is 134 Å². The highest BCUT2D eigenvalue weighted by molar-refractivity contribution is 6.00. The van der Waals surface area contributed by atoms with Crippen LogP contribution in [0.5, 0.6) is 5.75 Å². The molecule has 0 aromatic heterocycles. The fourth-order valence-corrected chi connectivity index (χ4v) is 1.58. The van der Waals surface area contributed by atoms with E-state index in [1.54, 1.807) is 0 Å². The number of methoxy groups -OCH3 is 2. The summed E-state index contributed by atoms with van der Waals surface area (Å²) in [6.07, 6.45) is 0.713. The molecule has 3 N–H and O–H groups in total. The van der Waals surface area contributed by atoms with Gasteiger partial charge in [0, 0.05) is 11.8 Å². The molecule has 0 aliphatic carbocycles. The molecule has 0 amide bonds. The minimum Gasteiger partial charge on any atom is -0.501 e. The standard InChI is InChI=1S/C13H12N2O9/c1-23-10(16)5-8(13(20)24-2)14-6-3-7(12(18)19)11(17)9(4-6)15(21)22/h3-5,14,17H,1-2H3,(H,18,19)/b8-5+. The Morgan fingerprint density at radius 1 is 1.25 bits per heavy atom. The van der Waals surface area contributed by atoms with E-state index in [0.29, 0.717) is 6.08 Å². The zero-order valence-corrected chi connectivity index (χ0v) is 12.4. The van der Waals surface area contributed by atoms with Crippen LogP contribution in [0, 0.1) is 10.1 Å². The first-order valence-electron chi connectivity index (χ1n) is 6.11. The van der Waals surface area contributed by atoms with Gasteiger partial charge in [-0.3, -0.25) is 10.1 Å². The van der Waals surface area contributed by atoms with E-state index in [0.717, 1.165) is 26.4 Å². The highest BCUT2D eigenvalue weighted by Gasteiger charge is 2.24. The van der Waals surface area contributed by atoms with Crippen molar-refractivity contribution in [1.29, 1.82) is 0 Å². The van der Waals surface area contributed by atoms with Gasteiger partial charge in [0.2, 0.25) is 5.75 Å². The second kappa shape index (κ2) is 7.58. The number of hydrogen-bond donors (Lipinski definition) is 3. The Morgan fingerprint density at radius 3 is 2.33 bits per heavy atom. The van der Waals surface area contributed by atoms with Gasteiger partial charge in [-0.05, 0) is 6.07 Å². The highest BCUT2D eigenvalue weighted by Crippen LogP contribution is 2.33. The van der Waals surface area contributed by atoms with E-state index in [2.05, 4.69) is 14.8 Å². The third kappa shape index (κ3) is 4.19. The van der Waals surface area contributed by atoms with Crippen molar-refractivity contribution >= 4 is 29.3 Å². The predicted octanol–water partition coefficient (Wildman–Crippen LogP) is 0.640. The quantitative estimate of drug-likeness (QED) is 0.220. The zero-order valence-electron chi connectivity index (χ0n) is 12.4. The summed E-state index contributed by atoms with van der Waals surface area (Å²) < 4.78 is 8.78. The Bertz CT molecular complexity index is 704. The Morgan fingerprint density at radius 2 is 1.88 bits per heavy atom. The molecule has 0 spiro atoms. The molecule has 128 valence electrons. The van der Waals surface area contributed by atoms with Crippen molar-refractivity contribution in [1.82, 2.24) is 0 Å². The lowest BCUT2D eigenvalue weighted by Gasteiger charge is -2.10. The number of rotatable bonds is 6. The first kappa shape index (κ1) is 18.4. The number of aromatic carboxylic acids is 1. The lowest BCUT2D eigenvalue weighted by molar-refractivity contribution is -0.385. The number of hydrogen-bond acceptors (Lipinski definition) is 9. The summed E-state index contributed by atoms with van der Waals surface area (Å²) >= 11 is 0. The summed E-state index contributed by atoms with van der Waals surface area (Å²) in [6, 6.07) is 1.63. The van der Waals surface area contributed by atoms with Crippen LogP contribution in [-0.4, -0.2) is 47.3 Å². The number of benzene rings is 1. The van der Waals surface area contributed by atoms with Crippen molar-refractivity contribution in [2.75, 3.05) is 19.5 Å². The molecule has 1 rings (SSSR count). The van der Waals surface area contributed by atoms with Gasteiger partial charge >= 0.3 is 23.6 Å². The smallest absolute Gasteiger partial charge is 0.354 e. The van der Waals surface area contributed by atoms with E-state index in [1.165, 1.54) is 0 Å². The van der Waals surface area contributed by atoms with E-state index in [1.807, 2.05) is 0 Å². The van der Waals surface area contributed by atoms with Gasteiger partial charge in [0.1, 0.15) is 11.3 Å². The molecule has 1 aromatic carbocycles. The largest absolute Gasteiger partial charge is 0.501 e. The number of anilines is 1.